The van der Waals surface area contributed by atoms with Gasteiger partial charge in [-0.25, -0.2) is 0 Å². The number of H-pyrrole nitrogens is 1. The van der Waals surface area contributed by atoms with Gasteiger partial charge in [0.2, 0.25) is 0 Å². The minimum Gasteiger partial charge on any atom is -0.493 e. The van der Waals surface area contributed by atoms with Crippen molar-refractivity contribution < 1.29 is 14.3 Å². The van der Waals surface area contributed by atoms with Gasteiger partial charge >= 0.3 is 5.97 Å². The maximum Gasteiger partial charge on any atom is 0.306 e. The molecule has 1 unspecified atom stereocenters. The Kier molecular flexibility index (Phi) is 8.36. The van der Waals surface area contributed by atoms with Crippen LogP contribution in [0.2, 0.25) is 0 Å². The summed E-state index contributed by atoms with van der Waals surface area (Å²) in [4.78, 5) is 15.5. The molecule has 0 aliphatic heterocycles. The molecule has 0 aliphatic carbocycles. The third-order valence-electron chi connectivity index (χ3n) is 4.56. The molecule has 0 amide bonds. The number of halogens is 1. The normalized spacial score (nSPS) is 11.6. The monoisotopic (exact) mass is 402 g/mol. The van der Waals surface area contributed by atoms with E-state index in [1.54, 1.807) is 0 Å². The van der Waals surface area contributed by atoms with Gasteiger partial charge < -0.3 is 20.2 Å². The summed E-state index contributed by atoms with van der Waals surface area (Å²) in [5, 5.41) is 1.08. The number of benzene rings is 2. The number of aromatic nitrogens is 1. The molecule has 0 fully saturated rings. The molecule has 1 atom stereocenters. The molecule has 0 bridgehead atoms. The van der Waals surface area contributed by atoms with Crippen molar-refractivity contribution >= 4 is 29.3 Å². The van der Waals surface area contributed by atoms with Gasteiger partial charge in [0.25, 0.3) is 0 Å². The summed E-state index contributed by atoms with van der Waals surface area (Å²) in [5.41, 5.74) is 8.67. The SMILES string of the molecule is CCOC(=O)CC(c1ccccc1)c1c[nH]c2cc(OCCCN)ccc12.Cl. The Bertz CT molecular complexity index is 880. The van der Waals surface area contributed by atoms with Gasteiger partial charge in [-0.15, -0.1) is 12.4 Å². The third-order valence-corrected chi connectivity index (χ3v) is 4.56. The van der Waals surface area contributed by atoms with Crippen LogP contribution in [0.15, 0.2) is 54.7 Å². The van der Waals surface area contributed by atoms with Crippen molar-refractivity contribution in [3.8, 4) is 5.75 Å². The van der Waals surface area contributed by atoms with Crippen LogP contribution >= 0.6 is 12.4 Å². The Labute approximate surface area is 171 Å². The lowest BCUT2D eigenvalue weighted by atomic mass is 9.88. The second-order valence-corrected chi connectivity index (χ2v) is 6.41. The predicted octanol–water partition coefficient (Wildman–Crippen LogP) is 4.40. The second kappa shape index (κ2) is 10.7. The largest absolute Gasteiger partial charge is 0.493 e. The highest BCUT2D eigenvalue weighted by molar-refractivity contribution is 5.86. The zero-order valence-electron chi connectivity index (χ0n) is 16.0. The first-order chi connectivity index (χ1) is 13.2. The van der Waals surface area contributed by atoms with E-state index in [4.69, 9.17) is 15.2 Å². The van der Waals surface area contributed by atoms with Crippen molar-refractivity contribution in [2.24, 2.45) is 5.73 Å². The standard InChI is InChI=1S/C22H26N2O3.ClH/c1-2-26-22(25)14-19(16-7-4-3-5-8-16)20-15-24-21-13-17(9-10-18(20)21)27-12-6-11-23;/h3-5,7-10,13,15,19,24H,2,6,11-12,14,23H2,1H3;1H. The zero-order chi connectivity index (χ0) is 19.1. The highest BCUT2D eigenvalue weighted by Crippen LogP contribution is 2.34. The summed E-state index contributed by atoms with van der Waals surface area (Å²) < 4.78 is 10.9. The predicted molar refractivity (Wildman–Crippen MR) is 114 cm³/mol. The zero-order valence-corrected chi connectivity index (χ0v) is 16.8. The van der Waals surface area contributed by atoms with Crippen molar-refractivity contribution in [2.75, 3.05) is 19.8 Å². The molecule has 150 valence electrons. The molecule has 3 N–H and O–H groups in total. The smallest absolute Gasteiger partial charge is 0.306 e. The summed E-state index contributed by atoms with van der Waals surface area (Å²) in [6, 6.07) is 16.0. The van der Waals surface area contributed by atoms with Crippen molar-refractivity contribution in [1.82, 2.24) is 4.98 Å². The van der Waals surface area contributed by atoms with E-state index >= 15 is 0 Å². The minimum atomic E-state index is -0.192. The van der Waals surface area contributed by atoms with E-state index in [-0.39, 0.29) is 24.3 Å². The molecule has 0 saturated carbocycles. The lowest BCUT2D eigenvalue weighted by molar-refractivity contribution is -0.143. The number of rotatable bonds is 9. The molecule has 3 aromatic rings. The molecule has 6 heteroatoms. The molecule has 2 aromatic carbocycles. The lowest BCUT2D eigenvalue weighted by Crippen LogP contribution is -2.11. The second-order valence-electron chi connectivity index (χ2n) is 6.41. The number of carbonyl (C=O) groups excluding carboxylic acids is 1. The van der Waals surface area contributed by atoms with Gasteiger partial charge in [0, 0.05) is 29.1 Å². The number of nitrogens with one attached hydrogen (secondary N) is 1. The van der Waals surface area contributed by atoms with Crippen LogP contribution in [-0.2, 0) is 9.53 Å². The Morgan fingerprint density at radius 1 is 1.18 bits per heavy atom. The van der Waals surface area contributed by atoms with Gasteiger partial charge in [-0.2, -0.15) is 0 Å². The van der Waals surface area contributed by atoms with Crippen LogP contribution in [0.5, 0.6) is 5.75 Å². The number of carbonyl (C=O) groups is 1. The molecule has 28 heavy (non-hydrogen) atoms. The van der Waals surface area contributed by atoms with Gasteiger partial charge in [0.05, 0.1) is 19.6 Å². The maximum atomic E-state index is 12.2. The first-order valence-corrected chi connectivity index (χ1v) is 9.37. The van der Waals surface area contributed by atoms with Gasteiger partial charge in [0.1, 0.15) is 5.75 Å². The molecular formula is C22H27ClN2O3. The summed E-state index contributed by atoms with van der Waals surface area (Å²) in [7, 11) is 0. The molecule has 0 spiro atoms. The minimum absolute atomic E-state index is 0. The molecule has 0 radical (unpaired) electrons. The fourth-order valence-corrected chi connectivity index (χ4v) is 3.26. The topological polar surface area (TPSA) is 77.3 Å². The fraction of sp³-hybridized carbons (Fsp3) is 0.318. The lowest BCUT2D eigenvalue weighted by Gasteiger charge is -2.16. The number of hydrogen-bond donors (Lipinski definition) is 2. The van der Waals surface area contributed by atoms with E-state index in [0.29, 0.717) is 26.2 Å². The van der Waals surface area contributed by atoms with Crippen LogP contribution in [0, 0.1) is 0 Å². The summed E-state index contributed by atoms with van der Waals surface area (Å²) in [5.74, 6) is 0.552. The Morgan fingerprint density at radius 3 is 2.68 bits per heavy atom. The van der Waals surface area contributed by atoms with Crippen LogP contribution in [-0.4, -0.2) is 30.7 Å². The summed E-state index contributed by atoms with van der Waals surface area (Å²) in [6.45, 7) is 3.43. The first kappa shape index (κ1) is 21.8. The number of esters is 1. The number of aromatic amines is 1. The van der Waals surface area contributed by atoms with Crippen LogP contribution in [0.25, 0.3) is 10.9 Å². The van der Waals surface area contributed by atoms with E-state index in [9.17, 15) is 4.79 Å². The molecule has 0 aliphatic rings. The highest BCUT2D eigenvalue weighted by Gasteiger charge is 2.22. The average molecular weight is 403 g/mol. The molecular weight excluding hydrogens is 376 g/mol. The van der Waals surface area contributed by atoms with E-state index in [1.165, 1.54) is 0 Å². The molecule has 1 aromatic heterocycles. The molecule has 0 saturated heterocycles. The van der Waals surface area contributed by atoms with Gasteiger partial charge in [-0.05, 0) is 43.1 Å². The fourth-order valence-electron chi connectivity index (χ4n) is 3.26. The van der Waals surface area contributed by atoms with Gasteiger partial charge in [-0.1, -0.05) is 30.3 Å². The van der Waals surface area contributed by atoms with E-state index < -0.39 is 0 Å². The summed E-state index contributed by atoms with van der Waals surface area (Å²) >= 11 is 0. The van der Waals surface area contributed by atoms with Gasteiger partial charge in [0.15, 0.2) is 0 Å². The van der Waals surface area contributed by atoms with Crippen molar-refractivity contribution in [3.63, 3.8) is 0 Å². The van der Waals surface area contributed by atoms with Crippen LogP contribution in [0.4, 0.5) is 0 Å². The van der Waals surface area contributed by atoms with Crippen molar-refractivity contribution in [1.29, 1.82) is 0 Å². The van der Waals surface area contributed by atoms with E-state index in [1.807, 2.05) is 61.7 Å². The van der Waals surface area contributed by atoms with Crippen LogP contribution < -0.4 is 10.5 Å². The first-order valence-electron chi connectivity index (χ1n) is 9.37. The van der Waals surface area contributed by atoms with E-state index in [2.05, 4.69) is 4.98 Å². The van der Waals surface area contributed by atoms with Gasteiger partial charge in [-0.3, -0.25) is 4.79 Å². The van der Waals surface area contributed by atoms with E-state index in [0.717, 1.165) is 34.2 Å². The third kappa shape index (κ3) is 5.27. The number of fused-ring (bicyclic) bond motifs is 1. The Balaban J connectivity index is 0.00000280. The Morgan fingerprint density at radius 2 is 1.96 bits per heavy atom. The number of ether oxygens (including phenoxy) is 2. The van der Waals surface area contributed by atoms with Crippen LogP contribution in [0.1, 0.15) is 36.8 Å². The van der Waals surface area contributed by atoms with Crippen LogP contribution in [0.3, 0.4) is 0 Å². The highest BCUT2D eigenvalue weighted by atomic mass is 35.5. The summed E-state index contributed by atoms with van der Waals surface area (Å²) in [6.07, 6.45) is 3.11. The maximum absolute atomic E-state index is 12.2. The Hall–Kier alpha value is -2.50. The number of hydrogen-bond acceptors (Lipinski definition) is 4. The molecule has 3 rings (SSSR count). The molecule has 1 heterocycles. The van der Waals surface area contributed by atoms with Crippen molar-refractivity contribution in [3.05, 3.63) is 65.9 Å². The molecule has 5 nitrogen and oxygen atoms in total. The quantitative estimate of drug-likeness (QED) is 0.410. The average Bonchev–Trinajstić information content (AvgIpc) is 3.10. The number of nitrogens with two attached hydrogens (primary N) is 1. The van der Waals surface area contributed by atoms with Crippen molar-refractivity contribution in [2.45, 2.75) is 25.7 Å².